The van der Waals surface area contributed by atoms with Crippen molar-refractivity contribution in [1.82, 2.24) is 0 Å². The van der Waals surface area contributed by atoms with Crippen molar-refractivity contribution in [1.29, 1.82) is 0 Å². The van der Waals surface area contributed by atoms with E-state index in [4.69, 9.17) is 0 Å². The number of carboxylic acids is 4. The normalized spacial score (nSPS) is 11.4. The van der Waals surface area contributed by atoms with Gasteiger partial charge in [0.2, 0.25) is 0 Å². The van der Waals surface area contributed by atoms with E-state index < -0.39 is 23.9 Å². The molecule has 8 nitrogen and oxygen atoms in total. The fraction of sp³-hybridized carbons (Fsp3) is 0. The molecular weight excluding hydrogens is 777 g/mol. The van der Waals surface area contributed by atoms with Crippen LogP contribution in [0, 0.1) is 0 Å². The highest BCUT2D eigenvalue weighted by Crippen LogP contribution is 2.47. The van der Waals surface area contributed by atoms with Gasteiger partial charge in [0.25, 0.3) is 0 Å². The Balaban J connectivity index is 1.30. The Morgan fingerprint density at radius 2 is 0.403 bits per heavy atom. The minimum Gasteiger partial charge on any atom is -0.478 e. The van der Waals surface area contributed by atoms with Gasteiger partial charge in [0.05, 0.1) is 22.3 Å². The molecule has 4 N–H and O–H groups in total. The maximum atomic E-state index is 11.7. The third kappa shape index (κ3) is 6.34. The summed E-state index contributed by atoms with van der Waals surface area (Å²) >= 11 is 0. The van der Waals surface area contributed by atoms with Crippen LogP contribution in [-0.2, 0) is 0 Å². The van der Waals surface area contributed by atoms with Crippen molar-refractivity contribution in [3.8, 4) is 44.5 Å². The molecule has 0 saturated carbocycles. The van der Waals surface area contributed by atoms with Gasteiger partial charge in [-0.3, -0.25) is 0 Å². The second-order valence-corrected chi connectivity index (χ2v) is 15.3. The average Bonchev–Trinajstić information content (AvgIpc) is 3.30. The van der Waals surface area contributed by atoms with Gasteiger partial charge in [0, 0.05) is 0 Å². The summed E-state index contributed by atoms with van der Waals surface area (Å²) in [7, 11) is 0. The SMILES string of the molecule is O=C(O)c1ccc(-c2ccc3c(c2)c2cc(-c4ccc(C(=O)O)cc4)ccc2c2c4ccc(-c5ccc(C(=O)O)cc5)cc4c4cc(-c5ccc(C(=O)O)cc5)ccc4c32)cc1. The smallest absolute Gasteiger partial charge is 0.335 e. The van der Waals surface area contributed by atoms with E-state index in [2.05, 4.69) is 72.8 Å². The molecule has 296 valence electrons. The van der Waals surface area contributed by atoms with Crippen LogP contribution in [0.25, 0.3) is 98.4 Å². The molecule has 0 aliphatic rings. The van der Waals surface area contributed by atoms with E-state index in [1.807, 2.05) is 48.5 Å². The first-order valence-electron chi connectivity index (χ1n) is 19.7. The molecular formula is C54H32O8. The van der Waals surface area contributed by atoms with Gasteiger partial charge in [-0.1, -0.05) is 97.1 Å². The quantitative estimate of drug-likeness (QED) is 0.111. The van der Waals surface area contributed by atoms with Gasteiger partial charge >= 0.3 is 23.9 Å². The number of carboxylic acid groups (broad SMARTS) is 4. The molecule has 0 aromatic heterocycles. The number of fused-ring (bicyclic) bond motifs is 11. The standard InChI is InChI=1S/C54H32O8/c55-51(56)33-9-1-29(2-10-33)37-17-21-41-45(25-37)46-26-38(30-3-11-34(12-4-30)52(57)58)18-22-42(46)50-44-24-20-40(32-7-15-36(16-8-32)54(61)62)28-48(44)47-27-39(19-23-43(47)49(41)50)31-5-13-35(14-6-31)53(59)60/h1-28H,(H,55,56)(H,57,58)(H,59,60)(H,61,62). The van der Waals surface area contributed by atoms with Crippen molar-refractivity contribution >= 4 is 77.7 Å². The second kappa shape index (κ2) is 14.6. The molecule has 0 atom stereocenters. The molecule has 0 amide bonds. The molecule has 0 unspecified atom stereocenters. The molecule has 62 heavy (non-hydrogen) atoms. The summed E-state index contributed by atoms with van der Waals surface area (Å²) in [6, 6.07) is 52.5. The van der Waals surface area contributed by atoms with Crippen LogP contribution in [0.5, 0.6) is 0 Å². The molecule has 0 heterocycles. The van der Waals surface area contributed by atoms with E-state index >= 15 is 0 Å². The van der Waals surface area contributed by atoms with Crippen LogP contribution in [0.3, 0.4) is 0 Å². The molecule has 0 aliphatic heterocycles. The van der Waals surface area contributed by atoms with Gasteiger partial charge in [-0.2, -0.15) is 0 Å². The largest absolute Gasteiger partial charge is 0.478 e. The summed E-state index contributed by atoms with van der Waals surface area (Å²) in [5, 5.41) is 48.2. The van der Waals surface area contributed by atoms with Crippen molar-refractivity contribution in [3.05, 3.63) is 192 Å². The molecule has 10 rings (SSSR count). The molecule has 8 heteroatoms. The lowest BCUT2D eigenvalue weighted by molar-refractivity contribution is 0.0686. The zero-order chi connectivity index (χ0) is 42.8. The van der Waals surface area contributed by atoms with Crippen LogP contribution >= 0.6 is 0 Å². The monoisotopic (exact) mass is 808 g/mol. The Bertz CT molecular complexity index is 3060. The highest BCUT2D eigenvalue weighted by atomic mass is 16.4. The molecule has 0 aliphatic carbocycles. The predicted octanol–water partition coefficient (Wildman–Crippen LogP) is 12.9. The molecule has 10 aromatic rings. The molecule has 10 aromatic carbocycles. The van der Waals surface area contributed by atoms with Crippen molar-refractivity contribution in [2.75, 3.05) is 0 Å². The van der Waals surface area contributed by atoms with Crippen molar-refractivity contribution < 1.29 is 39.6 Å². The number of aromatic carboxylic acids is 4. The Labute approximate surface area is 352 Å². The lowest BCUT2D eigenvalue weighted by Gasteiger charge is -2.19. The minimum absolute atomic E-state index is 0.195. The zero-order valence-corrected chi connectivity index (χ0v) is 32.6. The van der Waals surface area contributed by atoms with Crippen LogP contribution in [0.4, 0.5) is 0 Å². The summed E-state index contributed by atoms with van der Waals surface area (Å²) in [6.45, 7) is 0. The lowest BCUT2D eigenvalue weighted by Crippen LogP contribution is -1.95. The zero-order valence-electron chi connectivity index (χ0n) is 32.6. The summed E-state index contributed by atoms with van der Waals surface area (Å²) in [4.78, 5) is 46.8. The first-order valence-corrected chi connectivity index (χ1v) is 19.7. The van der Waals surface area contributed by atoms with E-state index in [0.29, 0.717) is 0 Å². The fourth-order valence-corrected chi connectivity index (χ4v) is 8.71. The summed E-state index contributed by atoms with van der Waals surface area (Å²) in [5.41, 5.74) is 7.83. The van der Waals surface area contributed by atoms with Gasteiger partial charge in [-0.25, -0.2) is 19.2 Å². The van der Waals surface area contributed by atoms with Gasteiger partial charge in [0.1, 0.15) is 0 Å². The first-order chi connectivity index (χ1) is 30.0. The van der Waals surface area contributed by atoms with Crippen LogP contribution in [-0.4, -0.2) is 44.3 Å². The van der Waals surface area contributed by atoms with E-state index in [-0.39, 0.29) is 22.3 Å². The molecule has 0 bridgehead atoms. The van der Waals surface area contributed by atoms with E-state index in [9.17, 15) is 39.6 Å². The second-order valence-electron chi connectivity index (χ2n) is 15.3. The van der Waals surface area contributed by atoms with Gasteiger partial charge < -0.3 is 20.4 Å². The van der Waals surface area contributed by atoms with Gasteiger partial charge in [-0.05, 0) is 171 Å². The molecule has 0 spiro atoms. The van der Waals surface area contributed by atoms with Gasteiger partial charge in [-0.15, -0.1) is 0 Å². The highest BCUT2D eigenvalue weighted by molar-refractivity contribution is 6.40. The lowest BCUT2D eigenvalue weighted by atomic mass is 9.84. The maximum absolute atomic E-state index is 11.7. The molecule has 0 fully saturated rings. The van der Waals surface area contributed by atoms with Crippen LogP contribution in [0.15, 0.2) is 170 Å². The number of hydrogen-bond acceptors (Lipinski definition) is 4. The Morgan fingerprint density at radius 1 is 0.226 bits per heavy atom. The molecule has 0 radical (unpaired) electrons. The summed E-state index contributed by atoms with van der Waals surface area (Å²) in [6.07, 6.45) is 0. The van der Waals surface area contributed by atoms with Crippen molar-refractivity contribution in [2.24, 2.45) is 0 Å². The minimum atomic E-state index is -1.00. The Kier molecular flexibility index (Phi) is 8.85. The van der Waals surface area contributed by atoms with Crippen LogP contribution in [0.2, 0.25) is 0 Å². The fourth-order valence-electron chi connectivity index (χ4n) is 8.71. The van der Waals surface area contributed by atoms with Crippen molar-refractivity contribution in [2.45, 2.75) is 0 Å². The van der Waals surface area contributed by atoms with E-state index in [1.54, 1.807) is 48.5 Å². The third-order valence-electron chi connectivity index (χ3n) is 11.8. The molecule has 0 saturated heterocycles. The van der Waals surface area contributed by atoms with Crippen molar-refractivity contribution in [3.63, 3.8) is 0 Å². The van der Waals surface area contributed by atoms with Crippen LogP contribution < -0.4 is 0 Å². The van der Waals surface area contributed by atoms with E-state index in [0.717, 1.165) is 98.4 Å². The first kappa shape index (κ1) is 37.6. The number of benzene rings is 10. The summed E-state index contributed by atoms with van der Waals surface area (Å²) in [5.74, 6) is -4.00. The highest BCUT2D eigenvalue weighted by Gasteiger charge is 2.19. The third-order valence-corrected chi connectivity index (χ3v) is 11.8. The average molecular weight is 809 g/mol. The summed E-state index contributed by atoms with van der Waals surface area (Å²) < 4.78 is 0. The number of rotatable bonds is 8. The number of hydrogen-bond donors (Lipinski definition) is 4. The Morgan fingerprint density at radius 3 is 0.581 bits per heavy atom. The van der Waals surface area contributed by atoms with Gasteiger partial charge in [0.15, 0.2) is 0 Å². The Hall–Kier alpha value is -8.62. The number of carbonyl (C=O) groups is 4. The maximum Gasteiger partial charge on any atom is 0.335 e. The topological polar surface area (TPSA) is 149 Å². The van der Waals surface area contributed by atoms with Crippen LogP contribution in [0.1, 0.15) is 41.4 Å². The predicted molar refractivity (Wildman–Crippen MR) is 244 cm³/mol. The van der Waals surface area contributed by atoms with E-state index in [1.165, 1.54) is 0 Å².